The summed E-state index contributed by atoms with van der Waals surface area (Å²) < 4.78 is 26.0. The second kappa shape index (κ2) is 4.27. The lowest BCUT2D eigenvalue weighted by Crippen LogP contribution is -2.45. The predicted molar refractivity (Wildman–Crippen MR) is 71.4 cm³/mol. The van der Waals surface area contributed by atoms with E-state index >= 15 is 0 Å². The molecule has 92 valence electrons. The number of nitrogens with one attached hydrogen (secondary N) is 1. The minimum absolute atomic E-state index is 0.217. The summed E-state index contributed by atoms with van der Waals surface area (Å²) >= 11 is 5.11. The number of hydrogen-bond acceptors (Lipinski definition) is 3. The van der Waals surface area contributed by atoms with E-state index in [1.54, 1.807) is 24.3 Å². The van der Waals surface area contributed by atoms with Crippen molar-refractivity contribution in [1.29, 1.82) is 0 Å². The van der Waals surface area contributed by atoms with E-state index in [0.717, 1.165) is 0 Å². The summed E-state index contributed by atoms with van der Waals surface area (Å²) in [5.41, 5.74) is 0.553. The van der Waals surface area contributed by atoms with Gasteiger partial charge in [-0.25, -0.2) is 12.7 Å². The van der Waals surface area contributed by atoms with E-state index in [-0.39, 0.29) is 15.9 Å². The van der Waals surface area contributed by atoms with Gasteiger partial charge in [-0.3, -0.25) is 0 Å². The average molecular weight is 270 g/mol. The van der Waals surface area contributed by atoms with Crippen molar-refractivity contribution < 1.29 is 8.42 Å². The molecule has 1 aliphatic rings. The highest BCUT2D eigenvalue weighted by Crippen LogP contribution is 2.30. The van der Waals surface area contributed by atoms with E-state index in [9.17, 15) is 8.42 Å². The molecular weight excluding hydrogens is 256 g/mol. The SMILES string of the molecule is CC(C)CN1C(=S)Nc2ccccc2S1(=O)=O. The van der Waals surface area contributed by atoms with Gasteiger partial charge in [0.2, 0.25) is 0 Å². The molecule has 1 aromatic carbocycles. The first-order valence-corrected chi connectivity index (χ1v) is 7.20. The highest BCUT2D eigenvalue weighted by molar-refractivity contribution is 7.92. The van der Waals surface area contributed by atoms with E-state index in [4.69, 9.17) is 12.2 Å². The van der Waals surface area contributed by atoms with Gasteiger partial charge in [-0.1, -0.05) is 26.0 Å². The highest BCUT2D eigenvalue weighted by Gasteiger charge is 2.34. The molecule has 1 aromatic rings. The Hall–Kier alpha value is -1.14. The maximum Gasteiger partial charge on any atom is 0.268 e. The van der Waals surface area contributed by atoms with Crippen LogP contribution in [0.4, 0.5) is 5.69 Å². The van der Waals surface area contributed by atoms with Gasteiger partial charge in [0.15, 0.2) is 5.11 Å². The summed E-state index contributed by atoms with van der Waals surface area (Å²) in [6.07, 6.45) is 0. The van der Waals surface area contributed by atoms with Crippen molar-refractivity contribution in [2.24, 2.45) is 5.92 Å². The smallest absolute Gasteiger partial charge is 0.268 e. The second-order valence-corrected chi connectivity index (χ2v) is 6.57. The summed E-state index contributed by atoms with van der Waals surface area (Å²) in [7, 11) is -3.50. The van der Waals surface area contributed by atoms with Gasteiger partial charge < -0.3 is 5.32 Å². The lowest BCUT2D eigenvalue weighted by molar-refractivity contribution is 0.469. The molecule has 1 N–H and O–H groups in total. The third kappa shape index (κ3) is 2.14. The molecule has 4 nitrogen and oxygen atoms in total. The molecule has 0 saturated heterocycles. The van der Waals surface area contributed by atoms with Crippen LogP contribution in [0, 0.1) is 5.92 Å². The molecule has 0 aromatic heterocycles. The van der Waals surface area contributed by atoms with Gasteiger partial charge in [0.1, 0.15) is 4.90 Å². The zero-order valence-corrected chi connectivity index (χ0v) is 11.3. The van der Waals surface area contributed by atoms with E-state index in [1.165, 1.54) is 4.31 Å². The van der Waals surface area contributed by atoms with Gasteiger partial charge >= 0.3 is 0 Å². The van der Waals surface area contributed by atoms with E-state index in [0.29, 0.717) is 12.2 Å². The predicted octanol–water partition coefficient (Wildman–Crippen LogP) is 2.04. The Balaban J connectivity index is 2.51. The summed E-state index contributed by atoms with van der Waals surface area (Å²) in [6.45, 7) is 4.31. The Bertz CT molecular complexity index is 552. The molecule has 1 heterocycles. The Morgan fingerprint density at radius 2 is 2.00 bits per heavy atom. The van der Waals surface area contributed by atoms with Crippen molar-refractivity contribution in [3.63, 3.8) is 0 Å². The molecule has 0 atom stereocenters. The van der Waals surface area contributed by atoms with Crippen LogP contribution in [0.25, 0.3) is 0 Å². The van der Waals surface area contributed by atoms with Crippen LogP contribution in [0.1, 0.15) is 13.8 Å². The Labute approximate surface area is 107 Å². The Morgan fingerprint density at radius 3 is 2.65 bits per heavy atom. The van der Waals surface area contributed by atoms with Gasteiger partial charge in [-0.05, 0) is 30.3 Å². The van der Waals surface area contributed by atoms with Crippen molar-refractivity contribution in [3.05, 3.63) is 24.3 Å². The third-order valence-electron chi connectivity index (χ3n) is 2.45. The first kappa shape index (κ1) is 12.3. The molecule has 0 bridgehead atoms. The van der Waals surface area contributed by atoms with Crippen LogP contribution in [0.3, 0.4) is 0 Å². The number of anilines is 1. The van der Waals surface area contributed by atoms with Crippen LogP contribution in [0.2, 0.25) is 0 Å². The van der Waals surface area contributed by atoms with Gasteiger partial charge in [0.05, 0.1) is 5.69 Å². The fourth-order valence-corrected chi connectivity index (χ4v) is 3.84. The molecule has 1 aliphatic heterocycles. The fourth-order valence-electron chi connectivity index (χ4n) is 1.71. The minimum Gasteiger partial charge on any atom is -0.331 e. The topological polar surface area (TPSA) is 49.4 Å². The number of rotatable bonds is 2. The molecule has 17 heavy (non-hydrogen) atoms. The summed E-state index contributed by atoms with van der Waals surface area (Å²) in [6, 6.07) is 6.79. The van der Waals surface area contributed by atoms with Crippen LogP contribution in [0.15, 0.2) is 29.2 Å². The van der Waals surface area contributed by atoms with Gasteiger partial charge in [0, 0.05) is 6.54 Å². The Morgan fingerprint density at radius 1 is 1.35 bits per heavy atom. The third-order valence-corrected chi connectivity index (χ3v) is 4.72. The number of fused-ring (bicyclic) bond motifs is 1. The maximum absolute atomic E-state index is 12.3. The highest BCUT2D eigenvalue weighted by atomic mass is 32.2. The van der Waals surface area contributed by atoms with Gasteiger partial charge in [-0.2, -0.15) is 0 Å². The number of benzene rings is 1. The number of hydrogen-bond donors (Lipinski definition) is 1. The minimum atomic E-state index is -3.50. The van der Waals surface area contributed by atoms with E-state index < -0.39 is 10.0 Å². The van der Waals surface area contributed by atoms with Crippen LogP contribution in [-0.4, -0.2) is 24.4 Å². The summed E-state index contributed by atoms with van der Waals surface area (Å²) in [4.78, 5) is 0.286. The molecule has 0 spiro atoms. The lowest BCUT2D eigenvalue weighted by Gasteiger charge is -2.32. The van der Waals surface area contributed by atoms with Crippen molar-refractivity contribution in [2.75, 3.05) is 11.9 Å². The molecule has 0 fully saturated rings. The van der Waals surface area contributed by atoms with Crippen molar-refractivity contribution >= 4 is 33.0 Å². The van der Waals surface area contributed by atoms with Crippen LogP contribution < -0.4 is 5.32 Å². The molecule has 0 saturated carbocycles. The van der Waals surface area contributed by atoms with Gasteiger partial charge in [0.25, 0.3) is 10.0 Å². The number of nitrogens with zero attached hydrogens (tertiary/aromatic N) is 1. The molecule has 0 amide bonds. The van der Waals surface area contributed by atoms with Gasteiger partial charge in [-0.15, -0.1) is 0 Å². The first-order chi connectivity index (χ1) is 7.93. The zero-order chi connectivity index (χ0) is 12.6. The van der Waals surface area contributed by atoms with Crippen LogP contribution in [0.5, 0.6) is 0 Å². The second-order valence-electron chi connectivity index (χ2n) is 4.36. The van der Waals surface area contributed by atoms with Crippen molar-refractivity contribution in [3.8, 4) is 0 Å². The molecule has 2 rings (SSSR count). The normalized spacial score (nSPS) is 17.8. The fraction of sp³-hybridized carbons (Fsp3) is 0.364. The monoisotopic (exact) mass is 270 g/mol. The van der Waals surface area contributed by atoms with Crippen molar-refractivity contribution in [1.82, 2.24) is 4.31 Å². The van der Waals surface area contributed by atoms with Crippen LogP contribution >= 0.6 is 12.2 Å². The lowest BCUT2D eigenvalue weighted by atomic mass is 10.2. The number of para-hydroxylation sites is 1. The maximum atomic E-state index is 12.3. The molecular formula is C11H14N2O2S2. The zero-order valence-electron chi connectivity index (χ0n) is 9.67. The quantitative estimate of drug-likeness (QED) is 0.836. The largest absolute Gasteiger partial charge is 0.331 e. The van der Waals surface area contributed by atoms with E-state index in [1.807, 2.05) is 13.8 Å². The summed E-state index contributed by atoms with van der Waals surface area (Å²) in [5.74, 6) is 0.217. The van der Waals surface area contributed by atoms with E-state index in [2.05, 4.69) is 5.32 Å². The molecule has 6 heteroatoms. The average Bonchev–Trinajstić information content (AvgIpc) is 2.24. The Kier molecular flexibility index (Phi) is 3.09. The first-order valence-electron chi connectivity index (χ1n) is 5.35. The number of sulfonamides is 1. The van der Waals surface area contributed by atoms with Crippen LogP contribution in [-0.2, 0) is 10.0 Å². The summed E-state index contributed by atoms with van der Waals surface area (Å²) in [5, 5.41) is 3.20. The standard InChI is InChI=1S/C11H14N2O2S2/c1-8(2)7-13-11(16)12-9-5-3-4-6-10(9)17(13,14)15/h3-6,8H,7H2,1-2H3,(H,12,16). The van der Waals surface area contributed by atoms with Crippen molar-refractivity contribution in [2.45, 2.75) is 18.7 Å². The molecule has 0 unspecified atom stereocenters. The molecule has 0 radical (unpaired) electrons. The molecule has 0 aliphatic carbocycles. The number of thiocarbonyl (C=S) groups is 1.